The SMILES string of the molecule is CCN(C(C)CC(=O)O)C(C)c1ccc(OC(F)F)cc1. The van der Waals surface area contributed by atoms with Crippen LogP contribution in [0.4, 0.5) is 8.78 Å². The Balaban J connectivity index is 2.79. The van der Waals surface area contributed by atoms with Crippen molar-refractivity contribution in [3.05, 3.63) is 29.8 Å². The maximum absolute atomic E-state index is 12.1. The van der Waals surface area contributed by atoms with Crippen LogP contribution in [0.15, 0.2) is 24.3 Å². The molecule has 1 rings (SSSR count). The molecule has 0 aliphatic rings. The van der Waals surface area contributed by atoms with Crippen LogP contribution in [0.1, 0.15) is 38.8 Å². The summed E-state index contributed by atoms with van der Waals surface area (Å²) in [5.41, 5.74) is 0.927. The van der Waals surface area contributed by atoms with Gasteiger partial charge < -0.3 is 9.84 Å². The number of hydrogen-bond acceptors (Lipinski definition) is 3. The lowest BCUT2D eigenvalue weighted by atomic mass is 10.0. The minimum atomic E-state index is -2.84. The van der Waals surface area contributed by atoms with E-state index in [0.29, 0.717) is 6.54 Å². The Hall–Kier alpha value is -1.69. The number of benzene rings is 1. The van der Waals surface area contributed by atoms with E-state index in [-0.39, 0.29) is 24.3 Å². The molecule has 118 valence electrons. The highest BCUT2D eigenvalue weighted by atomic mass is 19.3. The molecule has 4 nitrogen and oxygen atoms in total. The number of aliphatic carboxylic acids is 1. The summed E-state index contributed by atoms with van der Waals surface area (Å²) in [6, 6.07) is 6.31. The van der Waals surface area contributed by atoms with E-state index in [4.69, 9.17) is 5.11 Å². The Labute approximate surface area is 123 Å². The molecule has 0 spiro atoms. The molecule has 1 aromatic carbocycles. The third-order valence-electron chi connectivity index (χ3n) is 3.49. The van der Waals surface area contributed by atoms with Crippen molar-refractivity contribution in [3.8, 4) is 5.75 Å². The Morgan fingerprint density at radius 1 is 1.29 bits per heavy atom. The van der Waals surface area contributed by atoms with Gasteiger partial charge in [0, 0.05) is 12.1 Å². The molecule has 0 fully saturated rings. The fourth-order valence-electron chi connectivity index (χ4n) is 2.46. The molecule has 0 amide bonds. The van der Waals surface area contributed by atoms with Gasteiger partial charge in [-0.1, -0.05) is 19.1 Å². The van der Waals surface area contributed by atoms with Crippen molar-refractivity contribution < 1.29 is 23.4 Å². The van der Waals surface area contributed by atoms with Crippen LogP contribution in [0.5, 0.6) is 5.75 Å². The van der Waals surface area contributed by atoms with Gasteiger partial charge in [-0.3, -0.25) is 9.69 Å². The van der Waals surface area contributed by atoms with Gasteiger partial charge in [-0.15, -0.1) is 0 Å². The van der Waals surface area contributed by atoms with Gasteiger partial charge in [0.1, 0.15) is 5.75 Å². The van der Waals surface area contributed by atoms with Crippen LogP contribution < -0.4 is 4.74 Å². The number of nitrogens with zero attached hydrogens (tertiary/aromatic N) is 1. The third kappa shape index (κ3) is 5.30. The van der Waals surface area contributed by atoms with Crippen molar-refractivity contribution >= 4 is 5.97 Å². The molecule has 21 heavy (non-hydrogen) atoms. The van der Waals surface area contributed by atoms with Crippen LogP contribution in [-0.2, 0) is 4.79 Å². The van der Waals surface area contributed by atoms with E-state index in [9.17, 15) is 13.6 Å². The summed E-state index contributed by atoms with van der Waals surface area (Å²) in [6.07, 6.45) is 0.0603. The molecule has 0 saturated carbocycles. The topological polar surface area (TPSA) is 49.8 Å². The second-order valence-corrected chi connectivity index (χ2v) is 4.90. The molecule has 0 aliphatic carbocycles. The minimum Gasteiger partial charge on any atom is -0.481 e. The first-order valence-corrected chi connectivity index (χ1v) is 6.87. The molecule has 6 heteroatoms. The van der Waals surface area contributed by atoms with Crippen LogP contribution in [0.25, 0.3) is 0 Å². The van der Waals surface area contributed by atoms with E-state index in [1.807, 2.05) is 20.8 Å². The first-order valence-electron chi connectivity index (χ1n) is 6.87. The fraction of sp³-hybridized carbons (Fsp3) is 0.533. The molecule has 0 aromatic heterocycles. The normalized spacial score (nSPS) is 14.2. The highest BCUT2D eigenvalue weighted by Crippen LogP contribution is 2.25. The first kappa shape index (κ1) is 17.4. The second-order valence-electron chi connectivity index (χ2n) is 4.90. The van der Waals surface area contributed by atoms with Crippen LogP contribution >= 0.6 is 0 Å². The molecule has 0 radical (unpaired) electrons. The zero-order valence-corrected chi connectivity index (χ0v) is 12.4. The van der Waals surface area contributed by atoms with Gasteiger partial charge in [-0.2, -0.15) is 8.78 Å². The van der Waals surface area contributed by atoms with Crippen molar-refractivity contribution in [2.24, 2.45) is 0 Å². The molecular formula is C15H21F2NO3. The fourth-order valence-corrected chi connectivity index (χ4v) is 2.46. The average Bonchev–Trinajstić information content (AvgIpc) is 2.38. The summed E-state index contributed by atoms with van der Waals surface area (Å²) in [4.78, 5) is 12.9. The van der Waals surface area contributed by atoms with Crippen LogP contribution in [0.2, 0.25) is 0 Å². The molecule has 2 unspecified atom stereocenters. The molecule has 0 bridgehead atoms. The van der Waals surface area contributed by atoms with Crippen molar-refractivity contribution in [1.82, 2.24) is 4.90 Å². The molecular weight excluding hydrogens is 280 g/mol. The maximum atomic E-state index is 12.1. The van der Waals surface area contributed by atoms with Gasteiger partial charge in [0.05, 0.1) is 6.42 Å². The number of ether oxygens (including phenoxy) is 1. The summed E-state index contributed by atoms with van der Waals surface area (Å²) >= 11 is 0. The predicted octanol–water partition coefficient (Wildman–Crippen LogP) is 3.53. The van der Waals surface area contributed by atoms with Crippen LogP contribution in [-0.4, -0.2) is 35.2 Å². The van der Waals surface area contributed by atoms with E-state index in [1.54, 1.807) is 12.1 Å². The summed E-state index contributed by atoms with van der Waals surface area (Å²) in [5, 5.41) is 8.89. The molecule has 1 aromatic rings. The van der Waals surface area contributed by atoms with Crippen molar-refractivity contribution in [3.63, 3.8) is 0 Å². The van der Waals surface area contributed by atoms with E-state index >= 15 is 0 Å². The number of rotatable bonds is 8. The van der Waals surface area contributed by atoms with E-state index < -0.39 is 12.6 Å². The van der Waals surface area contributed by atoms with Gasteiger partial charge in [-0.25, -0.2) is 0 Å². The Morgan fingerprint density at radius 2 is 1.86 bits per heavy atom. The lowest BCUT2D eigenvalue weighted by molar-refractivity contribution is -0.138. The Bertz CT molecular complexity index is 451. The summed E-state index contributed by atoms with van der Waals surface area (Å²) in [7, 11) is 0. The standard InChI is InChI=1S/C15H21F2NO3/c1-4-18(10(2)9-14(19)20)11(3)12-5-7-13(8-6-12)21-15(16)17/h5-8,10-11,15H,4,9H2,1-3H3,(H,19,20). The zero-order valence-electron chi connectivity index (χ0n) is 12.4. The summed E-state index contributed by atoms with van der Waals surface area (Å²) < 4.78 is 28.5. The summed E-state index contributed by atoms with van der Waals surface area (Å²) in [5.74, 6) is -0.726. The second kappa shape index (κ2) is 7.93. The van der Waals surface area contributed by atoms with E-state index in [1.165, 1.54) is 12.1 Å². The largest absolute Gasteiger partial charge is 0.481 e. The van der Waals surface area contributed by atoms with Gasteiger partial charge in [0.2, 0.25) is 0 Å². The number of carbonyl (C=O) groups is 1. The highest BCUT2D eigenvalue weighted by Gasteiger charge is 2.21. The van der Waals surface area contributed by atoms with Gasteiger partial charge in [0.15, 0.2) is 0 Å². The van der Waals surface area contributed by atoms with Gasteiger partial charge >= 0.3 is 12.6 Å². The van der Waals surface area contributed by atoms with Crippen molar-refractivity contribution in [2.45, 2.75) is 45.9 Å². The monoisotopic (exact) mass is 301 g/mol. The third-order valence-corrected chi connectivity index (χ3v) is 3.49. The average molecular weight is 301 g/mol. The van der Waals surface area contributed by atoms with Crippen molar-refractivity contribution in [1.29, 1.82) is 0 Å². The Morgan fingerprint density at radius 3 is 2.29 bits per heavy atom. The lowest BCUT2D eigenvalue weighted by Gasteiger charge is -2.33. The minimum absolute atomic E-state index is 0.00931. The number of halogens is 2. The maximum Gasteiger partial charge on any atom is 0.387 e. The quantitative estimate of drug-likeness (QED) is 0.798. The van der Waals surface area contributed by atoms with Crippen LogP contribution in [0, 0.1) is 0 Å². The molecule has 0 aliphatic heterocycles. The number of carboxylic acids is 1. The van der Waals surface area contributed by atoms with Gasteiger partial charge in [0.25, 0.3) is 0 Å². The molecule has 2 atom stereocenters. The number of carboxylic acid groups (broad SMARTS) is 1. The number of alkyl halides is 2. The molecule has 0 heterocycles. The smallest absolute Gasteiger partial charge is 0.387 e. The highest BCUT2D eigenvalue weighted by molar-refractivity contribution is 5.67. The van der Waals surface area contributed by atoms with Crippen LogP contribution in [0.3, 0.4) is 0 Å². The molecule has 1 N–H and O–H groups in total. The molecule has 0 saturated heterocycles. The van der Waals surface area contributed by atoms with E-state index in [0.717, 1.165) is 5.56 Å². The van der Waals surface area contributed by atoms with Crippen molar-refractivity contribution in [2.75, 3.05) is 6.54 Å². The summed E-state index contributed by atoms with van der Waals surface area (Å²) in [6.45, 7) is 3.65. The predicted molar refractivity (Wildman–Crippen MR) is 75.6 cm³/mol. The first-order chi connectivity index (χ1) is 9.85. The lowest BCUT2D eigenvalue weighted by Crippen LogP contribution is -2.36. The van der Waals surface area contributed by atoms with E-state index in [2.05, 4.69) is 9.64 Å². The Kier molecular flexibility index (Phi) is 6.55. The van der Waals surface area contributed by atoms with Gasteiger partial charge in [-0.05, 0) is 38.1 Å². The zero-order chi connectivity index (χ0) is 16.0. The number of hydrogen-bond donors (Lipinski definition) is 1.